The van der Waals surface area contributed by atoms with Crippen molar-refractivity contribution in [2.24, 2.45) is 0 Å². The molecule has 1 aliphatic carbocycles. The van der Waals surface area contributed by atoms with Crippen LogP contribution in [0.15, 0.2) is 0 Å². The summed E-state index contributed by atoms with van der Waals surface area (Å²) in [6.45, 7) is 4.25. The number of hydrogen-bond donors (Lipinski definition) is 0. The molecule has 0 aromatic heterocycles. The second kappa shape index (κ2) is 15.9. The van der Waals surface area contributed by atoms with Crippen LogP contribution in [0, 0.1) is 0 Å². The van der Waals surface area contributed by atoms with Crippen molar-refractivity contribution in [3.05, 3.63) is 0 Å². The maximum absolute atomic E-state index is 6.25. The van der Waals surface area contributed by atoms with E-state index in [0.717, 1.165) is 0 Å². The Balaban J connectivity index is -0.0000000754. The maximum atomic E-state index is 6.25. The standard InChI is InChI=1S/C4H8.C3H8.H2O.W/c1-2-4-3-1;1-3-2;;/h1-4H2;3H2,1-2H3;1H2;/i/hT. The average Bonchev–Trinajstić information content (AvgIpc) is 1.68. The molecule has 58 valence electrons. The molecule has 0 aromatic rings. The van der Waals surface area contributed by atoms with E-state index in [1.54, 1.807) is 0 Å². The summed E-state index contributed by atoms with van der Waals surface area (Å²) in [6.07, 6.45) is 7.25. The third-order valence-corrected chi connectivity index (χ3v) is 1.000. The molecule has 0 amide bonds. The predicted octanol–water partition coefficient (Wildman–Crippen LogP) is 2.15. The molecule has 2 heteroatoms. The maximum Gasteiger partial charge on any atom is 0.206 e. The van der Waals surface area contributed by atoms with Gasteiger partial charge in [-0.2, -0.15) is 0 Å². The van der Waals surface area contributed by atoms with Gasteiger partial charge in [0.1, 0.15) is 0 Å². The SMILES string of the molecule is C1CCC1.CCC.[3H]O.[W]. The Labute approximate surface area is 74.3 Å². The first kappa shape index (κ1) is 12.3. The van der Waals surface area contributed by atoms with Crippen LogP contribution in [0.2, 0.25) is 0 Å². The summed E-state index contributed by atoms with van der Waals surface area (Å²) in [6, 6.07) is 0. The van der Waals surface area contributed by atoms with Gasteiger partial charge in [-0.1, -0.05) is 46.0 Å². The molecule has 0 heterocycles. The van der Waals surface area contributed by atoms with Crippen molar-refractivity contribution in [2.75, 3.05) is 0 Å². The average molecular weight is 304 g/mol. The third kappa shape index (κ3) is 17.7. The van der Waals surface area contributed by atoms with Gasteiger partial charge in [0.25, 0.3) is 0 Å². The molecule has 2 N–H and O–H groups in total. The largest absolute Gasteiger partial charge is 0.412 e. The molecule has 0 atom stereocenters. The van der Waals surface area contributed by atoms with Gasteiger partial charge in [-0.3, -0.25) is 0 Å². The van der Waals surface area contributed by atoms with Crippen LogP contribution in [0.1, 0.15) is 47.4 Å². The van der Waals surface area contributed by atoms with Crippen LogP contribution in [-0.4, -0.2) is 5.48 Å². The molecule has 1 aliphatic rings. The van der Waals surface area contributed by atoms with Crippen molar-refractivity contribution in [2.45, 2.75) is 46.0 Å². The fraction of sp³-hybridized carbons (Fsp3) is 1.00. The molecule has 9 heavy (non-hydrogen) atoms. The summed E-state index contributed by atoms with van der Waals surface area (Å²) in [5, 5.41) is 0. The summed E-state index contributed by atoms with van der Waals surface area (Å²) < 4.78 is 4.75. The van der Waals surface area contributed by atoms with Gasteiger partial charge in [-0.25, -0.2) is 0 Å². The second-order valence-electron chi connectivity index (χ2n) is 2.12. The van der Waals surface area contributed by atoms with Crippen LogP contribution in [0.3, 0.4) is 0 Å². The molecule has 0 aliphatic heterocycles. The molecule has 1 saturated carbocycles. The van der Waals surface area contributed by atoms with E-state index >= 15 is 0 Å². The smallest absolute Gasteiger partial charge is 0.206 e. The predicted molar refractivity (Wildman–Crippen MR) is 38.0 cm³/mol. The molecule has 0 bridgehead atoms. The molecule has 1 fully saturated rings. The zero-order valence-corrected chi connectivity index (χ0v) is 9.32. The Morgan fingerprint density at radius 1 is 1.11 bits per heavy atom. The first-order valence-electron chi connectivity index (χ1n) is 3.86. The molecule has 0 radical (unpaired) electrons. The molecule has 0 unspecified atom stereocenters. The monoisotopic (exact) mass is 304 g/mol. The fourth-order valence-corrected chi connectivity index (χ4v) is 0.250. The quantitative estimate of drug-likeness (QED) is 0.657. The Morgan fingerprint density at radius 3 is 1.22 bits per heavy atom. The van der Waals surface area contributed by atoms with Crippen LogP contribution >= 0.6 is 0 Å². The zero-order chi connectivity index (χ0) is 7.54. The van der Waals surface area contributed by atoms with Gasteiger partial charge < -0.3 is 5.48 Å². The van der Waals surface area contributed by atoms with E-state index in [0.29, 0.717) is 0 Å². The van der Waals surface area contributed by atoms with Gasteiger partial charge in [0, 0.05) is 21.1 Å². The third-order valence-electron chi connectivity index (χ3n) is 1.000. The molecule has 0 spiro atoms. The van der Waals surface area contributed by atoms with Crippen molar-refractivity contribution in [1.82, 2.24) is 0 Å². The van der Waals surface area contributed by atoms with Crippen LogP contribution in [-0.2, 0) is 21.1 Å². The first-order chi connectivity index (χ1) is 4.41. The first-order valence-corrected chi connectivity index (χ1v) is 3.41. The Hall–Kier alpha value is 0.648. The number of rotatable bonds is 0. The van der Waals surface area contributed by atoms with E-state index in [1.165, 1.54) is 32.1 Å². The van der Waals surface area contributed by atoms with E-state index in [2.05, 4.69) is 13.8 Å². The minimum absolute atomic E-state index is 0. The minimum Gasteiger partial charge on any atom is -0.412 e. The minimum atomic E-state index is 0. The van der Waals surface area contributed by atoms with Crippen molar-refractivity contribution in [3.8, 4) is 0 Å². The summed E-state index contributed by atoms with van der Waals surface area (Å²) in [5.41, 5.74) is 6.25. The van der Waals surface area contributed by atoms with Crippen molar-refractivity contribution in [3.63, 3.8) is 0 Å². The number of hydrogen-bond acceptors (Lipinski definition) is 0. The van der Waals surface area contributed by atoms with E-state index in [4.69, 9.17) is 6.91 Å². The summed E-state index contributed by atoms with van der Waals surface area (Å²) in [4.78, 5) is 0. The van der Waals surface area contributed by atoms with Gasteiger partial charge in [0.15, 0.2) is 0 Å². The van der Waals surface area contributed by atoms with Gasteiger partial charge in [0.05, 0.1) is 0 Å². The summed E-state index contributed by atoms with van der Waals surface area (Å²) in [7, 11) is 0. The van der Waals surface area contributed by atoms with Gasteiger partial charge in [0.2, 0.25) is 1.43 Å². The van der Waals surface area contributed by atoms with E-state index < -0.39 is 0 Å². The molecule has 1 rings (SSSR count). The van der Waals surface area contributed by atoms with Crippen LogP contribution in [0.4, 0.5) is 0 Å². The van der Waals surface area contributed by atoms with Crippen LogP contribution in [0.5, 0.6) is 0 Å². The Kier molecular flexibility index (Phi) is 21.7. The van der Waals surface area contributed by atoms with Crippen molar-refractivity contribution < 1.29 is 28.0 Å². The van der Waals surface area contributed by atoms with E-state index in [-0.39, 0.29) is 21.1 Å². The summed E-state index contributed by atoms with van der Waals surface area (Å²) in [5.74, 6) is 0. The second-order valence-corrected chi connectivity index (χ2v) is 2.12. The molecule has 0 saturated heterocycles. The van der Waals surface area contributed by atoms with Crippen molar-refractivity contribution in [1.29, 1.82) is 0 Å². The molecular weight excluding hydrogens is 284 g/mol. The Bertz CT molecular complexity index is 28.8. The van der Waals surface area contributed by atoms with Crippen molar-refractivity contribution >= 4 is 0 Å². The molecular formula is C7H18OW. The van der Waals surface area contributed by atoms with Crippen LogP contribution < -0.4 is 0 Å². The van der Waals surface area contributed by atoms with Gasteiger partial charge in [-0.15, -0.1) is 0 Å². The van der Waals surface area contributed by atoms with E-state index in [1.807, 2.05) is 0 Å². The summed E-state index contributed by atoms with van der Waals surface area (Å²) >= 11 is 0. The van der Waals surface area contributed by atoms with E-state index in [9.17, 15) is 0 Å². The van der Waals surface area contributed by atoms with Gasteiger partial charge in [-0.05, 0) is 0 Å². The van der Waals surface area contributed by atoms with Crippen LogP contribution in [0.25, 0.3) is 0 Å². The molecule has 1 nitrogen and oxygen atoms in total. The zero-order valence-electron chi connectivity index (χ0n) is 7.39. The topological polar surface area (TPSA) is 31.5 Å². The Morgan fingerprint density at radius 2 is 1.22 bits per heavy atom. The molecule has 0 aromatic carbocycles. The van der Waals surface area contributed by atoms with Gasteiger partial charge >= 0.3 is 0 Å². The fourth-order valence-electron chi connectivity index (χ4n) is 0.250. The normalized spacial score (nSPS) is 13.4.